The highest BCUT2D eigenvalue weighted by molar-refractivity contribution is 9.10. The van der Waals surface area contributed by atoms with E-state index < -0.39 is 0 Å². The van der Waals surface area contributed by atoms with Gasteiger partial charge in [-0.25, -0.2) is 4.98 Å². The van der Waals surface area contributed by atoms with Crippen molar-refractivity contribution >= 4 is 27.8 Å². The minimum atomic E-state index is 0.581. The van der Waals surface area contributed by atoms with E-state index in [0.717, 1.165) is 32.8 Å². The van der Waals surface area contributed by atoms with Crippen LogP contribution in [0.25, 0.3) is 5.69 Å². The molecule has 0 N–H and O–H groups in total. The van der Waals surface area contributed by atoms with E-state index in [1.165, 1.54) is 0 Å². The lowest BCUT2D eigenvalue weighted by molar-refractivity contribution is 0.398. The highest BCUT2D eigenvalue weighted by Crippen LogP contribution is 2.30. The van der Waals surface area contributed by atoms with Crippen LogP contribution in [-0.2, 0) is 0 Å². The molecule has 0 amide bonds. The summed E-state index contributed by atoms with van der Waals surface area (Å²) in [5, 5.41) is 0. The highest BCUT2D eigenvalue weighted by Gasteiger charge is 2.15. The predicted molar refractivity (Wildman–Crippen MR) is 101 cm³/mol. The molecule has 24 heavy (non-hydrogen) atoms. The van der Waals surface area contributed by atoms with Crippen LogP contribution in [0.5, 0.6) is 5.88 Å². The van der Waals surface area contributed by atoms with Crippen molar-refractivity contribution in [2.45, 2.75) is 13.8 Å². The molecule has 2 heterocycles. The van der Waals surface area contributed by atoms with E-state index in [0.29, 0.717) is 5.88 Å². The Labute approximate surface area is 150 Å². The lowest BCUT2D eigenvalue weighted by Crippen LogP contribution is -1.99. The first-order valence-electron chi connectivity index (χ1n) is 7.58. The van der Waals surface area contributed by atoms with Gasteiger partial charge in [0.2, 0.25) is 5.88 Å². The number of nitrogens with zero attached hydrogens (tertiary/aromatic N) is 3. The van der Waals surface area contributed by atoms with Crippen LogP contribution < -0.4 is 4.74 Å². The SMILES string of the molecule is COc1ccc(N=Cc2c(Br)c(C)n(-c3ccccc3)c2C)cn1. The standard InChI is InChI=1S/C19H18BrN3O/c1-13-17(12-21-15-9-10-18(24-3)22-11-15)19(20)14(2)23(13)16-7-5-4-6-8-16/h4-12H,1-3H3. The molecule has 0 saturated carbocycles. The van der Waals surface area contributed by atoms with Crippen molar-refractivity contribution in [3.8, 4) is 11.6 Å². The molecule has 0 atom stereocenters. The maximum Gasteiger partial charge on any atom is 0.213 e. The van der Waals surface area contributed by atoms with Gasteiger partial charge in [-0.15, -0.1) is 0 Å². The summed E-state index contributed by atoms with van der Waals surface area (Å²) in [7, 11) is 1.60. The molecule has 0 fully saturated rings. The van der Waals surface area contributed by atoms with Gasteiger partial charge in [-0.05, 0) is 48.0 Å². The van der Waals surface area contributed by atoms with Gasteiger partial charge in [-0.2, -0.15) is 0 Å². The van der Waals surface area contributed by atoms with Crippen molar-refractivity contribution in [3.63, 3.8) is 0 Å². The fourth-order valence-corrected chi connectivity index (χ4v) is 3.21. The molecule has 0 saturated heterocycles. The van der Waals surface area contributed by atoms with Gasteiger partial charge in [0.05, 0.1) is 19.0 Å². The lowest BCUT2D eigenvalue weighted by Gasteiger charge is -2.08. The molecule has 0 aliphatic carbocycles. The van der Waals surface area contributed by atoms with Gasteiger partial charge in [0.1, 0.15) is 0 Å². The topological polar surface area (TPSA) is 39.4 Å². The predicted octanol–water partition coefficient (Wildman–Crippen LogP) is 5.01. The summed E-state index contributed by atoms with van der Waals surface area (Å²) in [4.78, 5) is 8.71. The van der Waals surface area contributed by atoms with Crippen LogP contribution >= 0.6 is 15.9 Å². The van der Waals surface area contributed by atoms with Gasteiger partial charge >= 0.3 is 0 Å². The van der Waals surface area contributed by atoms with Crippen LogP contribution in [-0.4, -0.2) is 22.9 Å². The van der Waals surface area contributed by atoms with Gasteiger partial charge in [0.25, 0.3) is 0 Å². The highest BCUT2D eigenvalue weighted by atomic mass is 79.9. The summed E-state index contributed by atoms with van der Waals surface area (Å²) < 4.78 is 8.33. The number of hydrogen-bond donors (Lipinski definition) is 0. The van der Waals surface area contributed by atoms with Crippen LogP contribution in [0.4, 0.5) is 5.69 Å². The number of aromatic nitrogens is 2. The van der Waals surface area contributed by atoms with E-state index in [9.17, 15) is 0 Å². The first kappa shape index (κ1) is 16.5. The summed E-state index contributed by atoms with van der Waals surface area (Å²) in [6, 6.07) is 14.0. The van der Waals surface area contributed by atoms with Crippen LogP contribution in [0.2, 0.25) is 0 Å². The Hall–Kier alpha value is -2.40. The molecule has 0 aliphatic rings. The molecule has 0 bridgehead atoms. The Balaban J connectivity index is 1.98. The number of pyridine rings is 1. The van der Waals surface area contributed by atoms with Crippen molar-refractivity contribution in [3.05, 3.63) is 70.1 Å². The fraction of sp³-hybridized carbons (Fsp3) is 0.158. The Bertz CT molecular complexity index is 868. The minimum Gasteiger partial charge on any atom is -0.481 e. The average Bonchev–Trinajstić information content (AvgIpc) is 2.83. The van der Waals surface area contributed by atoms with Crippen molar-refractivity contribution in [1.82, 2.24) is 9.55 Å². The summed E-state index contributed by atoms with van der Waals surface area (Å²) >= 11 is 3.70. The molecule has 3 rings (SSSR count). The normalized spacial score (nSPS) is 11.2. The Kier molecular flexibility index (Phi) is 4.81. The number of aliphatic imine (C=N–C) groups is 1. The summed E-state index contributed by atoms with van der Waals surface area (Å²) in [5.41, 5.74) is 5.27. The van der Waals surface area contributed by atoms with Crippen LogP contribution in [0.3, 0.4) is 0 Å². The second-order valence-electron chi connectivity index (χ2n) is 5.39. The molecular weight excluding hydrogens is 366 g/mol. The molecule has 1 aromatic carbocycles. The number of hydrogen-bond acceptors (Lipinski definition) is 3. The second-order valence-corrected chi connectivity index (χ2v) is 6.18. The molecule has 0 spiro atoms. The van der Waals surface area contributed by atoms with E-state index in [2.05, 4.69) is 56.5 Å². The Morgan fingerprint density at radius 3 is 2.46 bits per heavy atom. The zero-order valence-corrected chi connectivity index (χ0v) is 15.4. The zero-order chi connectivity index (χ0) is 17.1. The number of halogens is 1. The third-order valence-electron chi connectivity index (χ3n) is 3.90. The second kappa shape index (κ2) is 7.01. The maximum atomic E-state index is 5.06. The van der Waals surface area contributed by atoms with Gasteiger partial charge < -0.3 is 9.30 Å². The summed E-state index contributed by atoms with van der Waals surface area (Å²) in [6.07, 6.45) is 3.56. The van der Waals surface area contributed by atoms with Crippen LogP contribution in [0, 0.1) is 13.8 Å². The van der Waals surface area contributed by atoms with Gasteiger partial charge in [-0.1, -0.05) is 18.2 Å². The molecule has 122 valence electrons. The number of ether oxygens (including phenoxy) is 1. The average molecular weight is 384 g/mol. The summed E-state index contributed by atoms with van der Waals surface area (Å²) in [6.45, 7) is 4.19. The molecule has 3 aromatic rings. The largest absolute Gasteiger partial charge is 0.481 e. The molecule has 0 aliphatic heterocycles. The first-order valence-corrected chi connectivity index (χ1v) is 8.38. The maximum absolute atomic E-state index is 5.06. The number of benzene rings is 1. The van der Waals surface area contributed by atoms with Gasteiger partial charge in [0, 0.05) is 39.4 Å². The molecule has 0 unspecified atom stereocenters. The lowest BCUT2D eigenvalue weighted by atomic mass is 10.2. The van der Waals surface area contributed by atoms with Crippen molar-refractivity contribution in [1.29, 1.82) is 0 Å². The number of rotatable bonds is 4. The van der Waals surface area contributed by atoms with E-state index >= 15 is 0 Å². The molecule has 0 radical (unpaired) electrons. The van der Waals surface area contributed by atoms with E-state index in [-0.39, 0.29) is 0 Å². The van der Waals surface area contributed by atoms with E-state index in [1.807, 2.05) is 30.5 Å². The fourth-order valence-electron chi connectivity index (χ4n) is 2.65. The van der Waals surface area contributed by atoms with Crippen molar-refractivity contribution in [2.75, 3.05) is 7.11 Å². The smallest absolute Gasteiger partial charge is 0.213 e. The molecule has 4 nitrogen and oxygen atoms in total. The van der Waals surface area contributed by atoms with Crippen molar-refractivity contribution < 1.29 is 4.74 Å². The number of para-hydroxylation sites is 1. The van der Waals surface area contributed by atoms with E-state index in [4.69, 9.17) is 4.74 Å². The molecule has 2 aromatic heterocycles. The Morgan fingerprint density at radius 2 is 1.83 bits per heavy atom. The van der Waals surface area contributed by atoms with Crippen LogP contribution in [0.1, 0.15) is 17.0 Å². The van der Waals surface area contributed by atoms with E-state index in [1.54, 1.807) is 19.4 Å². The Morgan fingerprint density at radius 1 is 1.08 bits per heavy atom. The molecular formula is C19H18BrN3O. The quantitative estimate of drug-likeness (QED) is 0.593. The molecule has 5 heteroatoms. The minimum absolute atomic E-state index is 0.581. The van der Waals surface area contributed by atoms with Gasteiger partial charge in [0.15, 0.2) is 0 Å². The monoisotopic (exact) mass is 383 g/mol. The zero-order valence-electron chi connectivity index (χ0n) is 13.8. The summed E-state index contributed by atoms with van der Waals surface area (Å²) in [5.74, 6) is 0.581. The van der Waals surface area contributed by atoms with Gasteiger partial charge in [-0.3, -0.25) is 4.99 Å². The van der Waals surface area contributed by atoms with Crippen LogP contribution in [0.15, 0.2) is 58.1 Å². The third-order valence-corrected chi connectivity index (χ3v) is 4.90. The number of methoxy groups -OCH3 is 1. The third kappa shape index (κ3) is 3.12. The first-order chi connectivity index (χ1) is 11.6. The van der Waals surface area contributed by atoms with Crippen molar-refractivity contribution in [2.24, 2.45) is 4.99 Å².